The molecule has 4 heteroatoms. The van der Waals surface area contributed by atoms with Crippen LogP contribution in [0.25, 0.3) is 0 Å². The fourth-order valence-electron chi connectivity index (χ4n) is 2.53. The standard InChI is InChI=1S/C20H18O4/c21-18-11-12-23-14-17(18)13-19(22)24-20(15-7-3-1-4-8-15)16-9-5-2-6-10-16/h1-12,14,19-20,22H,13H2. The van der Waals surface area contributed by atoms with Crippen LogP contribution in [0.2, 0.25) is 0 Å². The van der Waals surface area contributed by atoms with Crippen LogP contribution in [0, 0.1) is 0 Å². The Kier molecular flexibility index (Phi) is 5.21. The summed E-state index contributed by atoms with van der Waals surface area (Å²) in [6.07, 6.45) is 1.18. The number of aliphatic hydroxyl groups excluding tert-OH is 1. The summed E-state index contributed by atoms with van der Waals surface area (Å²) in [6, 6.07) is 20.7. The van der Waals surface area contributed by atoms with E-state index in [1.54, 1.807) is 0 Å². The van der Waals surface area contributed by atoms with Crippen LogP contribution in [0.15, 0.2) is 88.5 Å². The average molecular weight is 322 g/mol. The second kappa shape index (κ2) is 7.73. The van der Waals surface area contributed by atoms with Crippen LogP contribution < -0.4 is 5.43 Å². The Bertz CT molecular complexity index is 772. The quantitative estimate of drug-likeness (QED) is 0.707. The van der Waals surface area contributed by atoms with Crippen LogP contribution in [0.5, 0.6) is 0 Å². The van der Waals surface area contributed by atoms with Crippen LogP contribution in [0.4, 0.5) is 0 Å². The van der Waals surface area contributed by atoms with E-state index in [1.165, 1.54) is 18.6 Å². The van der Waals surface area contributed by atoms with Gasteiger partial charge in [0, 0.05) is 18.1 Å². The van der Waals surface area contributed by atoms with E-state index in [-0.39, 0.29) is 11.8 Å². The molecule has 0 spiro atoms. The molecule has 0 aliphatic heterocycles. The minimum absolute atomic E-state index is 0.0688. The maximum atomic E-state index is 11.8. The minimum atomic E-state index is -1.12. The molecule has 1 atom stereocenters. The Labute approximate surface area is 140 Å². The van der Waals surface area contributed by atoms with Gasteiger partial charge in [0.05, 0.1) is 12.5 Å². The summed E-state index contributed by atoms with van der Waals surface area (Å²) in [7, 11) is 0. The first-order valence-corrected chi connectivity index (χ1v) is 7.73. The van der Waals surface area contributed by atoms with Gasteiger partial charge in [-0.3, -0.25) is 4.79 Å². The van der Waals surface area contributed by atoms with Crippen molar-refractivity contribution in [3.05, 3.63) is 106 Å². The molecule has 1 unspecified atom stereocenters. The van der Waals surface area contributed by atoms with Crippen molar-refractivity contribution >= 4 is 0 Å². The lowest BCUT2D eigenvalue weighted by molar-refractivity contribution is -0.124. The van der Waals surface area contributed by atoms with E-state index < -0.39 is 12.4 Å². The normalized spacial score (nSPS) is 12.2. The van der Waals surface area contributed by atoms with Crippen molar-refractivity contribution in [2.75, 3.05) is 0 Å². The van der Waals surface area contributed by atoms with Gasteiger partial charge in [0.25, 0.3) is 0 Å². The first-order valence-electron chi connectivity index (χ1n) is 7.73. The van der Waals surface area contributed by atoms with E-state index in [1.807, 2.05) is 60.7 Å². The molecular weight excluding hydrogens is 304 g/mol. The molecule has 0 aliphatic rings. The zero-order valence-corrected chi connectivity index (χ0v) is 13.0. The predicted molar refractivity (Wildman–Crippen MR) is 90.5 cm³/mol. The second-order valence-electron chi connectivity index (χ2n) is 5.44. The van der Waals surface area contributed by atoms with Crippen LogP contribution in [-0.2, 0) is 11.2 Å². The molecule has 1 N–H and O–H groups in total. The van der Waals surface area contributed by atoms with Crippen LogP contribution in [-0.4, -0.2) is 11.4 Å². The van der Waals surface area contributed by atoms with Crippen molar-refractivity contribution in [3.8, 4) is 0 Å². The Morgan fingerprint density at radius 1 is 0.917 bits per heavy atom. The molecular formula is C20H18O4. The number of rotatable bonds is 6. The van der Waals surface area contributed by atoms with Crippen LogP contribution in [0.3, 0.4) is 0 Å². The zero-order chi connectivity index (χ0) is 16.8. The van der Waals surface area contributed by atoms with Gasteiger partial charge in [0.2, 0.25) is 0 Å². The summed E-state index contributed by atoms with van der Waals surface area (Å²) in [5.74, 6) is 0. The molecule has 0 amide bonds. The lowest BCUT2D eigenvalue weighted by atomic mass is 10.0. The molecule has 24 heavy (non-hydrogen) atoms. The van der Waals surface area contributed by atoms with Crippen molar-refractivity contribution in [1.82, 2.24) is 0 Å². The summed E-state index contributed by atoms with van der Waals surface area (Å²) in [5.41, 5.74) is 2.07. The second-order valence-corrected chi connectivity index (χ2v) is 5.44. The molecule has 122 valence electrons. The highest BCUT2D eigenvalue weighted by molar-refractivity contribution is 5.30. The highest BCUT2D eigenvalue weighted by atomic mass is 16.6. The molecule has 4 nitrogen and oxygen atoms in total. The van der Waals surface area contributed by atoms with Gasteiger partial charge in [-0.2, -0.15) is 0 Å². The van der Waals surface area contributed by atoms with Gasteiger partial charge in [0.15, 0.2) is 11.7 Å². The Morgan fingerprint density at radius 2 is 1.50 bits per heavy atom. The number of aliphatic hydroxyl groups is 1. The fourth-order valence-corrected chi connectivity index (χ4v) is 2.53. The van der Waals surface area contributed by atoms with E-state index >= 15 is 0 Å². The minimum Gasteiger partial charge on any atom is -0.472 e. The first kappa shape index (κ1) is 16.2. The number of ether oxygens (including phenoxy) is 1. The van der Waals surface area contributed by atoms with E-state index in [4.69, 9.17) is 9.15 Å². The van der Waals surface area contributed by atoms with Gasteiger partial charge < -0.3 is 14.3 Å². The Hall–Kier alpha value is -2.69. The molecule has 1 aromatic heterocycles. The van der Waals surface area contributed by atoms with Crippen molar-refractivity contribution in [1.29, 1.82) is 0 Å². The third-order valence-electron chi connectivity index (χ3n) is 3.72. The molecule has 3 aromatic rings. The summed E-state index contributed by atoms with van der Waals surface area (Å²) in [4.78, 5) is 11.8. The van der Waals surface area contributed by atoms with Gasteiger partial charge in [-0.25, -0.2) is 0 Å². The molecule has 0 aliphatic carbocycles. The van der Waals surface area contributed by atoms with E-state index in [0.29, 0.717) is 5.56 Å². The van der Waals surface area contributed by atoms with E-state index in [2.05, 4.69) is 0 Å². The largest absolute Gasteiger partial charge is 0.472 e. The molecule has 0 bridgehead atoms. The monoisotopic (exact) mass is 322 g/mol. The smallest absolute Gasteiger partial charge is 0.188 e. The topological polar surface area (TPSA) is 59.7 Å². The SMILES string of the molecule is O=c1ccocc1CC(O)OC(c1ccccc1)c1ccccc1. The molecule has 0 saturated carbocycles. The van der Waals surface area contributed by atoms with Crippen LogP contribution in [0.1, 0.15) is 22.8 Å². The highest BCUT2D eigenvalue weighted by Crippen LogP contribution is 2.27. The van der Waals surface area contributed by atoms with Gasteiger partial charge in [-0.05, 0) is 11.1 Å². The van der Waals surface area contributed by atoms with Crippen molar-refractivity contribution in [2.45, 2.75) is 18.8 Å². The molecule has 2 aromatic carbocycles. The first-order chi connectivity index (χ1) is 11.7. The highest BCUT2D eigenvalue weighted by Gasteiger charge is 2.19. The third-order valence-corrected chi connectivity index (χ3v) is 3.72. The van der Waals surface area contributed by atoms with Crippen molar-refractivity contribution in [3.63, 3.8) is 0 Å². The summed E-state index contributed by atoms with van der Waals surface area (Å²) in [6.45, 7) is 0. The fraction of sp³-hybridized carbons (Fsp3) is 0.150. The predicted octanol–water partition coefficient (Wildman–Crippen LogP) is 3.31. The van der Waals surface area contributed by atoms with Gasteiger partial charge in [-0.1, -0.05) is 60.7 Å². The summed E-state index contributed by atoms with van der Waals surface area (Å²) >= 11 is 0. The van der Waals surface area contributed by atoms with Gasteiger partial charge >= 0.3 is 0 Å². The Morgan fingerprint density at radius 3 is 2.04 bits per heavy atom. The van der Waals surface area contributed by atoms with Crippen molar-refractivity contribution < 1.29 is 14.3 Å². The molecule has 0 fully saturated rings. The number of hydrogen-bond acceptors (Lipinski definition) is 4. The lowest BCUT2D eigenvalue weighted by Gasteiger charge is -2.22. The molecule has 1 heterocycles. The molecule has 3 rings (SSSR count). The van der Waals surface area contributed by atoms with E-state index in [0.717, 1.165) is 11.1 Å². The van der Waals surface area contributed by atoms with Crippen LogP contribution >= 0.6 is 0 Å². The van der Waals surface area contributed by atoms with Gasteiger partial charge in [0.1, 0.15) is 6.10 Å². The zero-order valence-electron chi connectivity index (χ0n) is 13.0. The van der Waals surface area contributed by atoms with E-state index in [9.17, 15) is 9.90 Å². The Balaban J connectivity index is 1.82. The number of hydrogen-bond donors (Lipinski definition) is 1. The maximum absolute atomic E-state index is 11.8. The summed E-state index contributed by atoms with van der Waals surface area (Å²) in [5, 5.41) is 10.3. The van der Waals surface area contributed by atoms with Crippen molar-refractivity contribution in [2.24, 2.45) is 0 Å². The lowest BCUT2D eigenvalue weighted by Crippen LogP contribution is -2.22. The maximum Gasteiger partial charge on any atom is 0.188 e. The third kappa shape index (κ3) is 3.98. The van der Waals surface area contributed by atoms with Gasteiger partial charge in [-0.15, -0.1) is 0 Å². The molecule has 0 radical (unpaired) electrons. The summed E-state index contributed by atoms with van der Waals surface area (Å²) < 4.78 is 10.9. The average Bonchev–Trinajstić information content (AvgIpc) is 2.63. The molecule has 0 saturated heterocycles. The number of benzene rings is 2.